The van der Waals surface area contributed by atoms with Crippen molar-refractivity contribution < 1.29 is 9.59 Å². The second-order valence-corrected chi connectivity index (χ2v) is 6.19. The number of ketones is 2. The van der Waals surface area contributed by atoms with Crippen LogP contribution in [0.4, 0.5) is 11.4 Å². The van der Waals surface area contributed by atoms with Crippen LogP contribution in [0.3, 0.4) is 0 Å². The van der Waals surface area contributed by atoms with Crippen LogP contribution in [0.2, 0.25) is 10.0 Å². The zero-order valence-corrected chi connectivity index (χ0v) is 12.2. The van der Waals surface area contributed by atoms with Crippen LogP contribution in [0.15, 0.2) is 0 Å². The van der Waals surface area contributed by atoms with Gasteiger partial charge in [0.05, 0.1) is 32.5 Å². The van der Waals surface area contributed by atoms with E-state index in [9.17, 15) is 9.59 Å². The summed E-state index contributed by atoms with van der Waals surface area (Å²) >= 11 is 12.0. The van der Waals surface area contributed by atoms with Crippen molar-refractivity contribution in [3.8, 4) is 0 Å². The van der Waals surface area contributed by atoms with Crippen LogP contribution in [0, 0.1) is 11.8 Å². The molecule has 0 radical (unpaired) electrons. The summed E-state index contributed by atoms with van der Waals surface area (Å²) in [6.45, 7) is 0. The summed E-state index contributed by atoms with van der Waals surface area (Å²) in [5, 5.41) is 0.108. The molecule has 106 valence electrons. The first kappa shape index (κ1) is 13.7. The van der Waals surface area contributed by atoms with Gasteiger partial charge in [-0.1, -0.05) is 36.0 Å². The number of hydrogen-bond acceptors (Lipinski definition) is 4. The summed E-state index contributed by atoms with van der Waals surface area (Å²) in [6, 6.07) is 0. The Morgan fingerprint density at radius 3 is 1.50 bits per heavy atom. The van der Waals surface area contributed by atoms with Gasteiger partial charge in [-0.3, -0.25) is 9.59 Å². The Kier molecular flexibility index (Phi) is 3.18. The highest BCUT2D eigenvalue weighted by Crippen LogP contribution is 2.47. The molecule has 20 heavy (non-hydrogen) atoms. The number of halogens is 2. The molecular formula is C14H14Cl2N2O2. The summed E-state index contributed by atoms with van der Waals surface area (Å²) in [7, 11) is 0. The second kappa shape index (κ2) is 4.64. The van der Waals surface area contributed by atoms with E-state index in [2.05, 4.69) is 0 Å². The maximum absolute atomic E-state index is 12.6. The molecule has 1 fully saturated rings. The molecule has 0 heterocycles. The van der Waals surface area contributed by atoms with Crippen LogP contribution in [-0.4, -0.2) is 11.6 Å². The molecule has 4 N–H and O–H groups in total. The Morgan fingerprint density at radius 2 is 1.15 bits per heavy atom. The zero-order chi connectivity index (χ0) is 14.6. The van der Waals surface area contributed by atoms with Crippen molar-refractivity contribution in [2.45, 2.75) is 25.7 Å². The zero-order valence-electron chi connectivity index (χ0n) is 10.7. The first-order valence-corrected chi connectivity index (χ1v) is 7.35. The number of fused-ring (bicyclic) bond motifs is 2. The first-order valence-electron chi connectivity index (χ1n) is 6.59. The lowest BCUT2D eigenvalue weighted by Gasteiger charge is -2.35. The van der Waals surface area contributed by atoms with Crippen LogP contribution >= 0.6 is 23.2 Å². The maximum atomic E-state index is 12.6. The summed E-state index contributed by atoms with van der Waals surface area (Å²) in [6.07, 6.45) is 3.33. The minimum atomic E-state index is -0.289. The van der Waals surface area contributed by atoms with Crippen molar-refractivity contribution in [3.63, 3.8) is 0 Å². The van der Waals surface area contributed by atoms with Gasteiger partial charge in [0.25, 0.3) is 0 Å². The van der Waals surface area contributed by atoms with Gasteiger partial charge in [-0.05, 0) is 12.8 Å². The molecule has 0 bridgehead atoms. The van der Waals surface area contributed by atoms with Crippen LogP contribution in [-0.2, 0) is 0 Å². The van der Waals surface area contributed by atoms with Crippen molar-refractivity contribution in [2.24, 2.45) is 11.8 Å². The smallest absolute Gasteiger partial charge is 0.169 e. The fraction of sp³-hybridized carbons (Fsp3) is 0.429. The Bertz CT molecular complexity index is 588. The van der Waals surface area contributed by atoms with Crippen LogP contribution < -0.4 is 11.5 Å². The number of anilines is 2. The van der Waals surface area contributed by atoms with Gasteiger partial charge in [-0.25, -0.2) is 0 Å². The molecule has 2 aliphatic carbocycles. The van der Waals surface area contributed by atoms with E-state index < -0.39 is 0 Å². The molecule has 2 aliphatic rings. The average molecular weight is 313 g/mol. The third kappa shape index (κ3) is 1.68. The Morgan fingerprint density at radius 1 is 0.800 bits per heavy atom. The molecule has 6 heteroatoms. The molecule has 1 aromatic carbocycles. The minimum absolute atomic E-state index is 0.0540. The number of carbonyl (C=O) groups is 2. The maximum Gasteiger partial charge on any atom is 0.169 e. The Balaban J connectivity index is 2.30. The molecule has 1 aromatic rings. The lowest BCUT2D eigenvalue weighted by atomic mass is 9.67. The predicted octanol–water partition coefficient (Wildman–Crippen LogP) is 3.34. The van der Waals surface area contributed by atoms with Gasteiger partial charge in [0, 0.05) is 11.8 Å². The highest BCUT2D eigenvalue weighted by Gasteiger charge is 2.45. The number of rotatable bonds is 0. The predicted molar refractivity (Wildman–Crippen MR) is 79.4 cm³/mol. The monoisotopic (exact) mass is 312 g/mol. The minimum Gasteiger partial charge on any atom is -0.397 e. The third-order valence-corrected chi connectivity index (χ3v) is 5.27. The molecule has 0 amide bonds. The topological polar surface area (TPSA) is 86.2 Å². The van der Waals surface area contributed by atoms with E-state index in [-0.39, 0.29) is 55.9 Å². The van der Waals surface area contributed by atoms with Gasteiger partial charge in [0.15, 0.2) is 11.6 Å². The molecule has 0 saturated heterocycles. The van der Waals surface area contributed by atoms with Crippen LogP contribution in [0.5, 0.6) is 0 Å². The largest absolute Gasteiger partial charge is 0.397 e. The molecule has 1 saturated carbocycles. The van der Waals surface area contributed by atoms with E-state index in [1.54, 1.807) is 0 Å². The third-order valence-electron chi connectivity index (χ3n) is 4.39. The van der Waals surface area contributed by atoms with E-state index in [0.717, 1.165) is 12.8 Å². The second-order valence-electron chi connectivity index (χ2n) is 5.43. The standard InChI is InChI=1S/C14H14Cl2N2O2/c15-9-10(16)12(18)8-7(11(9)17)13(19)5-3-1-2-4-6(5)14(8)20/h5-6H,1-4,17-18H2. The fourth-order valence-corrected chi connectivity index (χ4v) is 3.76. The molecular weight excluding hydrogens is 299 g/mol. The number of carbonyl (C=O) groups excluding carboxylic acids is 2. The lowest BCUT2D eigenvalue weighted by Crippen LogP contribution is -2.39. The first-order chi connectivity index (χ1) is 9.45. The van der Waals surface area contributed by atoms with Gasteiger partial charge in [-0.15, -0.1) is 0 Å². The number of nitrogens with two attached hydrogens (primary N) is 2. The van der Waals surface area contributed by atoms with Gasteiger partial charge in [-0.2, -0.15) is 0 Å². The molecule has 4 nitrogen and oxygen atoms in total. The Labute approximate surface area is 126 Å². The number of benzene rings is 1. The van der Waals surface area contributed by atoms with Crippen molar-refractivity contribution >= 4 is 46.1 Å². The molecule has 0 aromatic heterocycles. The fourth-order valence-electron chi connectivity index (χ4n) is 3.37. The van der Waals surface area contributed by atoms with Crippen molar-refractivity contribution in [1.29, 1.82) is 0 Å². The van der Waals surface area contributed by atoms with Crippen molar-refractivity contribution in [2.75, 3.05) is 11.5 Å². The molecule has 0 aliphatic heterocycles. The molecule has 0 spiro atoms. The van der Waals surface area contributed by atoms with E-state index in [1.807, 2.05) is 0 Å². The quantitative estimate of drug-likeness (QED) is 0.719. The van der Waals surface area contributed by atoms with Gasteiger partial charge < -0.3 is 11.5 Å². The van der Waals surface area contributed by atoms with Crippen LogP contribution in [0.1, 0.15) is 46.4 Å². The Hall–Kier alpha value is -1.26. The summed E-state index contributed by atoms with van der Waals surface area (Å²) in [5.41, 5.74) is 12.3. The lowest BCUT2D eigenvalue weighted by molar-refractivity contribution is 0.0678. The van der Waals surface area contributed by atoms with Crippen molar-refractivity contribution in [1.82, 2.24) is 0 Å². The number of hydrogen-bond donors (Lipinski definition) is 2. The molecule has 2 unspecified atom stereocenters. The highest BCUT2D eigenvalue weighted by atomic mass is 35.5. The number of Topliss-reactive ketones (excluding diaryl/α,β-unsaturated/α-hetero) is 2. The summed E-state index contributed by atoms with van der Waals surface area (Å²) in [5.74, 6) is -0.815. The van der Waals surface area contributed by atoms with E-state index in [4.69, 9.17) is 34.7 Å². The van der Waals surface area contributed by atoms with Crippen molar-refractivity contribution in [3.05, 3.63) is 21.2 Å². The molecule has 3 rings (SSSR count). The number of nitrogen functional groups attached to an aromatic ring is 2. The van der Waals surface area contributed by atoms with Gasteiger partial charge in [0.1, 0.15) is 0 Å². The average Bonchev–Trinajstić information content (AvgIpc) is 2.46. The summed E-state index contributed by atoms with van der Waals surface area (Å²) in [4.78, 5) is 25.3. The molecule has 2 atom stereocenters. The van der Waals surface area contributed by atoms with Crippen LogP contribution in [0.25, 0.3) is 0 Å². The SMILES string of the molecule is Nc1c(Cl)c(Cl)c(N)c2c1C(=O)C1CCCCC1C2=O. The van der Waals surface area contributed by atoms with Gasteiger partial charge in [0.2, 0.25) is 0 Å². The highest BCUT2D eigenvalue weighted by molar-refractivity contribution is 6.47. The van der Waals surface area contributed by atoms with E-state index >= 15 is 0 Å². The normalized spacial score (nSPS) is 25.3. The van der Waals surface area contributed by atoms with E-state index in [1.165, 1.54) is 0 Å². The summed E-state index contributed by atoms with van der Waals surface area (Å²) < 4.78 is 0. The van der Waals surface area contributed by atoms with Gasteiger partial charge >= 0.3 is 0 Å². The van der Waals surface area contributed by atoms with E-state index in [0.29, 0.717) is 12.8 Å².